The maximum absolute atomic E-state index is 11.9. The molecule has 1 N–H and O–H groups in total. The van der Waals surface area contributed by atoms with Gasteiger partial charge in [-0.05, 0) is 31.9 Å². The Kier molecular flexibility index (Phi) is 5.93. The van der Waals surface area contributed by atoms with Gasteiger partial charge in [0.05, 0.1) is 4.92 Å². The lowest BCUT2D eigenvalue weighted by Crippen LogP contribution is -2.48. The molecule has 6 nitrogen and oxygen atoms in total. The van der Waals surface area contributed by atoms with E-state index in [2.05, 4.69) is 11.2 Å². The van der Waals surface area contributed by atoms with Gasteiger partial charge >= 0.3 is 0 Å². The van der Waals surface area contributed by atoms with Crippen molar-refractivity contribution in [3.05, 3.63) is 33.9 Å². The fourth-order valence-electron chi connectivity index (χ4n) is 2.04. The molecule has 0 aliphatic rings. The van der Waals surface area contributed by atoms with Crippen molar-refractivity contribution in [1.82, 2.24) is 5.32 Å². The van der Waals surface area contributed by atoms with Crippen molar-refractivity contribution in [2.75, 3.05) is 6.61 Å². The Morgan fingerprint density at radius 2 is 2.09 bits per heavy atom. The molecule has 1 aromatic carbocycles. The summed E-state index contributed by atoms with van der Waals surface area (Å²) in [7, 11) is 0. The van der Waals surface area contributed by atoms with E-state index >= 15 is 0 Å². The van der Waals surface area contributed by atoms with E-state index in [9.17, 15) is 14.9 Å². The predicted molar refractivity (Wildman–Crippen MR) is 83.6 cm³/mol. The first-order valence-electron chi connectivity index (χ1n) is 7.04. The van der Waals surface area contributed by atoms with Gasteiger partial charge in [0.2, 0.25) is 0 Å². The molecule has 0 radical (unpaired) electrons. The zero-order chi connectivity index (χ0) is 16.8. The molecule has 0 heterocycles. The van der Waals surface area contributed by atoms with E-state index in [-0.39, 0.29) is 18.2 Å². The van der Waals surface area contributed by atoms with E-state index in [1.807, 2.05) is 13.8 Å². The SMILES string of the molecule is C#CC(CC)(CC)NC(=O)COc1ccc([N+](=O)[O-])c(C)c1. The van der Waals surface area contributed by atoms with Crippen molar-refractivity contribution >= 4 is 11.6 Å². The summed E-state index contributed by atoms with van der Waals surface area (Å²) < 4.78 is 5.36. The lowest BCUT2D eigenvalue weighted by molar-refractivity contribution is -0.385. The highest BCUT2D eigenvalue weighted by Crippen LogP contribution is 2.23. The van der Waals surface area contributed by atoms with Crippen molar-refractivity contribution in [3.8, 4) is 18.1 Å². The van der Waals surface area contributed by atoms with Crippen molar-refractivity contribution in [1.29, 1.82) is 0 Å². The zero-order valence-corrected chi connectivity index (χ0v) is 13.0. The number of amides is 1. The Bertz CT molecular complexity index is 601. The Balaban J connectivity index is 2.67. The fourth-order valence-corrected chi connectivity index (χ4v) is 2.04. The number of carbonyl (C=O) groups is 1. The van der Waals surface area contributed by atoms with Gasteiger partial charge in [0, 0.05) is 11.6 Å². The van der Waals surface area contributed by atoms with Crippen LogP contribution in [0.3, 0.4) is 0 Å². The zero-order valence-electron chi connectivity index (χ0n) is 13.0. The molecule has 0 bridgehead atoms. The Labute approximate surface area is 130 Å². The number of nitrogens with one attached hydrogen (secondary N) is 1. The first kappa shape index (κ1) is 17.5. The number of hydrogen-bond donors (Lipinski definition) is 1. The van der Waals surface area contributed by atoms with Gasteiger partial charge in [-0.2, -0.15) is 0 Å². The summed E-state index contributed by atoms with van der Waals surface area (Å²) in [5, 5.41) is 13.5. The lowest BCUT2D eigenvalue weighted by Gasteiger charge is -2.26. The number of nitrogens with zero attached hydrogens (tertiary/aromatic N) is 1. The molecule has 0 unspecified atom stereocenters. The van der Waals surface area contributed by atoms with Crippen LogP contribution in [0.15, 0.2) is 18.2 Å². The molecule has 1 aromatic rings. The average molecular weight is 304 g/mol. The van der Waals surface area contributed by atoms with Gasteiger partial charge in [-0.25, -0.2) is 0 Å². The number of nitro benzene ring substituents is 1. The van der Waals surface area contributed by atoms with Gasteiger partial charge in [-0.15, -0.1) is 6.42 Å². The molecule has 0 fully saturated rings. The summed E-state index contributed by atoms with van der Waals surface area (Å²) in [5.74, 6) is 2.69. The molecule has 1 amide bonds. The number of hydrogen-bond acceptors (Lipinski definition) is 4. The van der Waals surface area contributed by atoms with Gasteiger partial charge < -0.3 is 10.1 Å². The van der Waals surface area contributed by atoms with Crippen molar-refractivity contribution in [3.63, 3.8) is 0 Å². The topological polar surface area (TPSA) is 81.5 Å². The van der Waals surface area contributed by atoms with Crippen molar-refractivity contribution in [2.24, 2.45) is 0 Å². The molecule has 0 aromatic heterocycles. The summed E-state index contributed by atoms with van der Waals surface area (Å²) in [6.45, 7) is 5.23. The summed E-state index contributed by atoms with van der Waals surface area (Å²) in [6, 6.07) is 4.35. The summed E-state index contributed by atoms with van der Waals surface area (Å²) in [5.41, 5.74) is -0.172. The van der Waals surface area contributed by atoms with Gasteiger partial charge in [-0.1, -0.05) is 19.8 Å². The predicted octanol–water partition coefficient (Wildman–Crippen LogP) is 2.59. The second-order valence-electron chi connectivity index (χ2n) is 4.98. The van der Waals surface area contributed by atoms with Crippen LogP contribution in [0.1, 0.15) is 32.3 Å². The summed E-state index contributed by atoms with van der Waals surface area (Å²) >= 11 is 0. The monoisotopic (exact) mass is 304 g/mol. The molecular formula is C16H20N2O4. The molecular weight excluding hydrogens is 284 g/mol. The molecule has 0 atom stereocenters. The molecule has 22 heavy (non-hydrogen) atoms. The van der Waals surface area contributed by atoms with Crippen LogP contribution in [0.5, 0.6) is 5.75 Å². The molecule has 1 rings (SSSR count). The number of aryl methyl sites for hydroxylation is 1. The first-order chi connectivity index (χ1) is 10.4. The molecule has 0 aliphatic heterocycles. The Morgan fingerprint density at radius 1 is 1.45 bits per heavy atom. The van der Waals surface area contributed by atoms with Crippen molar-refractivity contribution in [2.45, 2.75) is 39.2 Å². The Hall–Kier alpha value is -2.55. The Morgan fingerprint density at radius 3 is 2.55 bits per heavy atom. The average Bonchev–Trinajstić information content (AvgIpc) is 2.50. The number of terminal acetylenes is 1. The standard InChI is InChI=1S/C16H20N2O4/c1-5-16(6-2,7-3)17-15(19)11-22-13-8-9-14(18(20)21)12(4)10-13/h1,8-10H,6-7,11H2,2-4H3,(H,17,19). The maximum Gasteiger partial charge on any atom is 0.272 e. The van der Waals surface area contributed by atoms with Crippen LogP contribution in [-0.2, 0) is 4.79 Å². The number of rotatable bonds is 7. The van der Waals surface area contributed by atoms with E-state index in [1.54, 1.807) is 6.92 Å². The van der Waals surface area contributed by atoms with Crippen LogP contribution in [-0.4, -0.2) is 23.0 Å². The van der Waals surface area contributed by atoms with E-state index in [0.717, 1.165) is 0 Å². The molecule has 0 saturated heterocycles. The number of ether oxygens (including phenoxy) is 1. The minimum absolute atomic E-state index is 0.0140. The van der Waals surface area contributed by atoms with E-state index in [0.29, 0.717) is 24.2 Å². The molecule has 0 saturated carbocycles. The van der Waals surface area contributed by atoms with Crippen LogP contribution >= 0.6 is 0 Å². The van der Waals surface area contributed by atoms with Gasteiger partial charge in [0.1, 0.15) is 11.3 Å². The minimum Gasteiger partial charge on any atom is -0.484 e. The molecule has 118 valence electrons. The van der Waals surface area contributed by atoms with Crippen LogP contribution in [0, 0.1) is 29.4 Å². The fraction of sp³-hybridized carbons (Fsp3) is 0.438. The maximum atomic E-state index is 11.9. The smallest absolute Gasteiger partial charge is 0.272 e. The molecule has 0 aliphatic carbocycles. The minimum atomic E-state index is -0.661. The number of nitro groups is 1. The highest BCUT2D eigenvalue weighted by atomic mass is 16.6. The molecule has 0 spiro atoms. The lowest BCUT2D eigenvalue weighted by atomic mass is 9.94. The third-order valence-electron chi connectivity index (χ3n) is 3.60. The van der Waals surface area contributed by atoms with Gasteiger partial charge in [0.15, 0.2) is 6.61 Å². The van der Waals surface area contributed by atoms with Crippen molar-refractivity contribution < 1.29 is 14.5 Å². The van der Waals surface area contributed by atoms with Crippen LogP contribution in [0.25, 0.3) is 0 Å². The normalized spacial score (nSPS) is 10.6. The highest BCUT2D eigenvalue weighted by molar-refractivity contribution is 5.79. The van der Waals surface area contributed by atoms with E-state index < -0.39 is 10.5 Å². The largest absolute Gasteiger partial charge is 0.484 e. The highest BCUT2D eigenvalue weighted by Gasteiger charge is 2.25. The van der Waals surface area contributed by atoms with Crippen LogP contribution in [0.2, 0.25) is 0 Å². The van der Waals surface area contributed by atoms with E-state index in [1.165, 1.54) is 18.2 Å². The second kappa shape index (κ2) is 7.46. The summed E-state index contributed by atoms with van der Waals surface area (Å²) in [6.07, 6.45) is 6.73. The van der Waals surface area contributed by atoms with Crippen LogP contribution < -0.4 is 10.1 Å². The van der Waals surface area contributed by atoms with Gasteiger partial charge in [0.25, 0.3) is 11.6 Å². The summed E-state index contributed by atoms with van der Waals surface area (Å²) in [4.78, 5) is 22.2. The number of carbonyl (C=O) groups excluding carboxylic acids is 1. The quantitative estimate of drug-likeness (QED) is 0.477. The van der Waals surface area contributed by atoms with Gasteiger partial charge in [-0.3, -0.25) is 14.9 Å². The third kappa shape index (κ3) is 4.22. The third-order valence-corrected chi connectivity index (χ3v) is 3.60. The van der Waals surface area contributed by atoms with Crippen LogP contribution in [0.4, 0.5) is 5.69 Å². The number of benzene rings is 1. The van der Waals surface area contributed by atoms with E-state index in [4.69, 9.17) is 11.2 Å². The first-order valence-corrected chi connectivity index (χ1v) is 7.04. The second-order valence-corrected chi connectivity index (χ2v) is 4.98. The molecule has 6 heteroatoms.